The van der Waals surface area contributed by atoms with Crippen molar-refractivity contribution in [1.29, 1.82) is 0 Å². The van der Waals surface area contributed by atoms with E-state index in [0.29, 0.717) is 0 Å². The molecule has 0 aliphatic carbocycles. The van der Waals surface area contributed by atoms with Crippen molar-refractivity contribution in [1.82, 2.24) is 9.97 Å². The molecule has 1 aromatic heterocycles. The van der Waals surface area contributed by atoms with Gasteiger partial charge in [-0.3, -0.25) is 0 Å². The van der Waals surface area contributed by atoms with Crippen LogP contribution in [-0.4, -0.2) is 21.0 Å². The summed E-state index contributed by atoms with van der Waals surface area (Å²) in [5, 5.41) is 8.35. The largest absolute Gasteiger partial charge is 0.479 e. The molecule has 1 radical (unpaired) electrons. The van der Waals surface area contributed by atoms with Gasteiger partial charge in [-0.05, 0) is 6.93 Å². The second-order valence-corrected chi connectivity index (χ2v) is 1.30. The van der Waals surface area contributed by atoms with Crippen LogP contribution in [0.15, 0.2) is 12.4 Å². The zero-order chi connectivity index (χ0) is 7.56. The molecule has 0 spiro atoms. The summed E-state index contributed by atoms with van der Waals surface area (Å²) >= 11 is 0. The molecule has 4 nitrogen and oxygen atoms in total. The van der Waals surface area contributed by atoms with E-state index in [-0.39, 0.29) is 44.4 Å². The molecule has 0 aromatic carbocycles. The molecule has 0 bridgehead atoms. The molecule has 0 fully saturated rings. The summed E-state index contributed by atoms with van der Waals surface area (Å²) in [5.41, 5.74) is -0.209. The smallest absolute Gasteiger partial charge is 0.314 e. The first-order valence-corrected chi connectivity index (χ1v) is 2.15. The van der Waals surface area contributed by atoms with Crippen molar-refractivity contribution in [3.63, 3.8) is 0 Å². The van der Waals surface area contributed by atoms with E-state index in [1.807, 2.05) is 0 Å². The Morgan fingerprint density at radius 2 is 2.50 bits per heavy atom. The molecule has 10 heavy (non-hydrogen) atoms. The van der Waals surface area contributed by atoms with E-state index in [4.69, 9.17) is 6.48 Å². The summed E-state index contributed by atoms with van der Waals surface area (Å²) in [5.74, 6) is -1.20. The Kier molecular flexibility index (Phi) is 3.46. The van der Waals surface area contributed by atoms with Gasteiger partial charge in [0.2, 0.25) is 0 Å². The van der Waals surface area contributed by atoms with Gasteiger partial charge in [-0.25, -0.2) is 4.79 Å². The predicted molar refractivity (Wildman–Crippen MR) is 27.8 cm³/mol. The third-order valence-electron chi connectivity index (χ3n) is 0.708. The number of aromatic carboxylic acids is 1. The van der Waals surface area contributed by atoms with E-state index >= 15 is 0 Å². The minimum absolute atomic E-state index is 0. The summed E-state index contributed by atoms with van der Waals surface area (Å²) in [6.45, 7) is 0. The topological polar surface area (TPSA) is 63.1 Å². The van der Waals surface area contributed by atoms with E-state index < -0.39 is 5.97 Å². The first kappa shape index (κ1) is 7.76. The second-order valence-electron chi connectivity index (χ2n) is 1.30. The zero-order valence-electron chi connectivity index (χ0n) is 5.90. The van der Waals surface area contributed by atoms with E-state index in [1.165, 1.54) is 0 Å². The fourth-order valence-electron chi connectivity index (χ4n) is 0.339. The van der Waals surface area contributed by atoms with Crippen LogP contribution in [0.25, 0.3) is 0 Å². The molecule has 0 aliphatic heterocycles. The van der Waals surface area contributed by atoms with Crippen molar-refractivity contribution < 1.29 is 44.0 Å². The van der Waals surface area contributed by atoms with Crippen LogP contribution in [0.4, 0.5) is 0 Å². The van der Waals surface area contributed by atoms with Crippen molar-refractivity contribution in [2.24, 2.45) is 0 Å². The molecule has 0 unspecified atom stereocenters. The van der Waals surface area contributed by atoms with Gasteiger partial charge in [0.1, 0.15) is 0 Å². The van der Waals surface area contributed by atoms with Crippen LogP contribution < -0.4 is 0 Å². The van der Waals surface area contributed by atoms with Crippen LogP contribution in [0.1, 0.15) is 11.7 Å². The van der Waals surface area contributed by atoms with Crippen molar-refractivity contribution in [2.75, 3.05) is 0 Å². The molecule has 1 aromatic rings. The number of hydrogen-bond acceptors (Lipinski definition) is 3. The monoisotopic (exact) mass is 213 g/mol. The molecular formula is C5H3N2O2Y-. The Balaban J connectivity index is 0.000001000. The number of carboxylic acids is 1. The van der Waals surface area contributed by atoms with Crippen LogP contribution in [0.3, 0.4) is 0 Å². The van der Waals surface area contributed by atoms with Crippen LogP contribution in [0, 0.1) is 6.33 Å². The van der Waals surface area contributed by atoms with Gasteiger partial charge in [0.25, 0.3) is 0 Å². The van der Waals surface area contributed by atoms with Gasteiger partial charge in [-0.15, -0.1) is 0 Å². The number of hydrogen-bond donors (Lipinski definition) is 1. The van der Waals surface area contributed by atoms with Gasteiger partial charge in [-0.2, -0.15) is 0 Å². The standard InChI is InChI=1S/C5H3N2O2.Y/c8-5(9)4-1-6-3-7-2-4;/h1-2H,(H,8,9);/q-1;/i1D;. The molecule has 0 amide bonds. The average Bonchev–Trinajstić information content (AvgIpc) is 1.88. The molecule has 1 rings (SSSR count). The molecular weight excluding hydrogens is 209 g/mol. The summed E-state index contributed by atoms with van der Waals surface area (Å²) in [6, 6.07) is 0. The Morgan fingerprint density at radius 3 is 2.90 bits per heavy atom. The van der Waals surface area contributed by atoms with Gasteiger partial charge >= 0.3 is 5.97 Å². The van der Waals surface area contributed by atoms with Crippen LogP contribution in [0.5, 0.6) is 0 Å². The number of nitrogens with zero attached hydrogens (tertiary/aromatic N) is 2. The van der Waals surface area contributed by atoms with Gasteiger partial charge in [0.05, 0.1) is 0 Å². The normalized spacial score (nSPS) is 9.40. The number of rotatable bonds is 1. The molecule has 0 atom stereocenters. The molecule has 1 heterocycles. The summed E-state index contributed by atoms with van der Waals surface area (Å²) in [6.07, 6.45) is 2.83. The quantitative estimate of drug-likeness (QED) is 0.665. The average molecular weight is 213 g/mol. The summed E-state index contributed by atoms with van der Waals surface area (Å²) in [4.78, 5) is 16.8. The minimum Gasteiger partial charge on any atom is -0.479 e. The molecule has 0 saturated heterocycles. The second kappa shape index (κ2) is 4.47. The molecule has 5 heteroatoms. The van der Waals surface area contributed by atoms with Gasteiger partial charge < -0.3 is 15.1 Å². The zero-order valence-corrected chi connectivity index (χ0v) is 7.74. The fraction of sp³-hybridized carbons (Fsp3) is 0. The van der Waals surface area contributed by atoms with E-state index in [9.17, 15) is 4.79 Å². The summed E-state index contributed by atoms with van der Waals surface area (Å²) < 4.78 is 6.94. The van der Waals surface area contributed by atoms with Gasteiger partial charge in [-0.1, -0.05) is 12.4 Å². The Hall–Kier alpha value is -0.346. The fourth-order valence-corrected chi connectivity index (χ4v) is 0.339. The minimum atomic E-state index is -1.20. The van der Waals surface area contributed by atoms with Gasteiger partial charge in [0.15, 0.2) is 0 Å². The van der Waals surface area contributed by atoms with Gasteiger partial charge in [0, 0.05) is 39.0 Å². The molecule has 49 valence electrons. The number of aromatic nitrogens is 2. The van der Waals surface area contributed by atoms with E-state index in [0.717, 1.165) is 6.20 Å². The third kappa shape index (κ3) is 2.50. The summed E-state index contributed by atoms with van der Waals surface area (Å²) in [7, 11) is 0. The maximum Gasteiger partial charge on any atom is 0.314 e. The predicted octanol–water partition coefficient (Wildman–Crippen LogP) is -0.0275. The SMILES string of the molecule is [2H]c1n[c-]ncc1C(=O)O.[Y]. The third-order valence-corrected chi connectivity index (χ3v) is 0.708. The Labute approximate surface area is 84.0 Å². The molecule has 0 saturated carbocycles. The van der Waals surface area contributed by atoms with Crippen LogP contribution >= 0.6 is 0 Å². The Morgan fingerprint density at radius 1 is 1.80 bits per heavy atom. The molecule has 0 aliphatic rings. The van der Waals surface area contributed by atoms with Crippen LogP contribution in [0.2, 0.25) is 0 Å². The number of carbonyl (C=O) groups is 1. The van der Waals surface area contributed by atoms with Crippen molar-refractivity contribution in [3.05, 3.63) is 24.3 Å². The first-order valence-electron chi connectivity index (χ1n) is 2.65. The van der Waals surface area contributed by atoms with E-state index in [2.05, 4.69) is 16.3 Å². The first-order chi connectivity index (χ1) is 4.72. The maximum absolute atomic E-state index is 10.2. The van der Waals surface area contributed by atoms with Crippen molar-refractivity contribution in [3.8, 4) is 0 Å². The maximum atomic E-state index is 10.2. The Bertz CT molecular complexity index is 268. The van der Waals surface area contributed by atoms with Crippen molar-refractivity contribution in [2.45, 2.75) is 0 Å². The van der Waals surface area contributed by atoms with E-state index in [1.54, 1.807) is 0 Å². The van der Waals surface area contributed by atoms with Crippen molar-refractivity contribution >= 4 is 5.97 Å². The number of carboxylic acid groups (broad SMARTS) is 1. The van der Waals surface area contributed by atoms with Crippen LogP contribution in [-0.2, 0) is 32.7 Å². The molecule has 1 N–H and O–H groups in total.